The highest BCUT2D eigenvalue weighted by molar-refractivity contribution is 5.87. The van der Waals surface area contributed by atoms with Crippen molar-refractivity contribution < 1.29 is 9.47 Å². The first kappa shape index (κ1) is 17.9. The number of fused-ring (bicyclic) bond motifs is 2. The van der Waals surface area contributed by atoms with E-state index in [1.54, 1.807) is 11.6 Å². The van der Waals surface area contributed by atoms with Gasteiger partial charge in [0.1, 0.15) is 18.2 Å². The molecule has 1 fully saturated rings. The third-order valence-electron chi connectivity index (χ3n) is 5.20. The summed E-state index contributed by atoms with van der Waals surface area (Å²) in [7, 11) is 1.65. The summed E-state index contributed by atoms with van der Waals surface area (Å²) >= 11 is 0. The molecule has 0 bridgehead atoms. The number of pyridine rings is 1. The van der Waals surface area contributed by atoms with Crippen molar-refractivity contribution in [3.63, 3.8) is 0 Å². The van der Waals surface area contributed by atoms with E-state index in [-0.39, 0.29) is 5.95 Å². The van der Waals surface area contributed by atoms with Gasteiger partial charge < -0.3 is 25.5 Å². The minimum absolute atomic E-state index is 0.248. The number of nitrogens with two attached hydrogens (primary N) is 1. The highest BCUT2D eigenvalue weighted by Crippen LogP contribution is 2.29. The fourth-order valence-electron chi connectivity index (χ4n) is 3.80. The zero-order chi connectivity index (χ0) is 19.8. The van der Waals surface area contributed by atoms with Crippen molar-refractivity contribution in [2.75, 3.05) is 31.4 Å². The number of anilines is 2. The van der Waals surface area contributed by atoms with Crippen molar-refractivity contribution in [1.29, 1.82) is 0 Å². The lowest BCUT2D eigenvalue weighted by atomic mass is 10.1. The summed E-state index contributed by atoms with van der Waals surface area (Å²) in [6.45, 7) is 1.99. The van der Waals surface area contributed by atoms with E-state index in [4.69, 9.17) is 15.2 Å². The summed E-state index contributed by atoms with van der Waals surface area (Å²) in [6, 6.07) is 10.5. The summed E-state index contributed by atoms with van der Waals surface area (Å²) in [4.78, 5) is 12.3. The summed E-state index contributed by atoms with van der Waals surface area (Å²) in [6.07, 6.45) is 1.93. The van der Waals surface area contributed by atoms with E-state index >= 15 is 0 Å². The molecule has 0 radical (unpaired) electrons. The van der Waals surface area contributed by atoms with Crippen molar-refractivity contribution in [3.05, 3.63) is 36.2 Å². The van der Waals surface area contributed by atoms with Gasteiger partial charge in [0.25, 0.3) is 0 Å². The van der Waals surface area contributed by atoms with E-state index < -0.39 is 0 Å². The number of nitrogens with one attached hydrogen (secondary N) is 2. The van der Waals surface area contributed by atoms with Gasteiger partial charge >= 0.3 is 0 Å². The van der Waals surface area contributed by atoms with E-state index in [1.165, 1.54) is 0 Å². The number of methoxy groups -OCH3 is 1. The largest absolute Gasteiger partial charge is 0.381 e. The molecule has 5 rings (SSSR count). The first-order valence-electron chi connectivity index (χ1n) is 9.69. The number of hydrogen-bond acceptors (Lipinski definition) is 7. The van der Waals surface area contributed by atoms with Crippen molar-refractivity contribution in [1.82, 2.24) is 24.6 Å². The number of aromatic nitrogens is 5. The Kier molecular flexibility index (Phi) is 4.53. The topological polar surface area (TPSA) is 115 Å². The van der Waals surface area contributed by atoms with Crippen molar-refractivity contribution in [2.24, 2.45) is 0 Å². The zero-order valence-corrected chi connectivity index (χ0v) is 16.2. The second kappa shape index (κ2) is 7.34. The first-order valence-corrected chi connectivity index (χ1v) is 9.69. The quantitative estimate of drug-likeness (QED) is 0.477. The predicted molar refractivity (Wildman–Crippen MR) is 111 cm³/mol. The average Bonchev–Trinajstić information content (AvgIpc) is 3.31. The Labute approximate surface area is 167 Å². The third-order valence-corrected chi connectivity index (χ3v) is 5.20. The normalized spacial score (nSPS) is 15.3. The van der Waals surface area contributed by atoms with Crippen molar-refractivity contribution >= 4 is 28.4 Å². The van der Waals surface area contributed by atoms with Crippen LogP contribution in [0.3, 0.4) is 0 Å². The number of ether oxygens (including phenoxy) is 2. The summed E-state index contributed by atoms with van der Waals surface area (Å²) in [5.74, 6) is 1.93. The lowest BCUT2D eigenvalue weighted by Gasteiger charge is -2.24. The van der Waals surface area contributed by atoms with Gasteiger partial charge in [-0.2, -0.15) is 9.50 Å². The monoisotopic (exact) mass is 393 g/mol. The number of H-pyrrole nitrogens is 1. The zero-order valence-electron chi connectivity index (χ0n) is 16.2. The minimum atomic E-state index is 0.248. The van der Waals surface area contributed by atoms with Crippen LogP contribution in [0.5, 0.6) is 0 Å². The summed E-state index contributed by atoms with van der Waals surface area (Å²) in [5.41, 5.74) is 10.5. The SMILES string of the molecule is COCc1nc2ccc(-c3ccc(NC4CCOCC4)n4nc(N)nc34)cc2[nH]1. The van der Waals surface area contributed by atoms with Crippen molar-refractivity contribution in [3.8, 4) is 11.1 Å². The number of aromatic amines is 1. The minimum Gasteiger partial charge on any atom is -0.381 e. The van der Waals surface area contributed by atoms with E-state index in [1.807, 2.05) is 18.2 Å². The Balaban J connectivity index is 1.55. The molecule has 3 aromatic heterocycles. The maximum absolute atomic E-state index is 5.95. The average molecular weight is 393 g/mol. The molecule has 1 aliphatic rings. The van der Waals surface area contributed by atoms with Gasteiger partial charge in [0.15, 0.2) is 5.65 Å². The molecular formula is C20H23N7O2. The van der Waals surface area contributed by atoms with E-state index in [0.717, 1.165) is 65.5 Å². The van der Waals surface area contributed by atoms with Gasteiger partial charge in [0.05, 0.1) is 11.0 Å². The van der Waals surface area contributed by atoms with E-state index in [9.17, 15) is 0 Å². The number of hydrogen-bond donors (Lipinski definition) is 3. The fourth-order valence-corrected chi connectivity index (χ4v) is 3.80. The van der Waals surface area contributed by atoms with Crippen LogP contribution in [0, 0.1) is 0 Å². The molecule has 29 heavy (non-hydrogen) atoms. The van der Waals surface area contributed by atoms with Crippen LogP contribution in [0.4, 0.5) is 11.8 Å². The highest BCUT2D eigenvalue weighted by Gasteiger charge is 2.18. The molecule has 0 atom stereocenters. The molecule has 4 heterocycles. The Bertz CT molecular complexity index is 1160. The lowest BCUT2D eigenvalue weighted by molar-refractivity contribution is 0.0903. The van der Waals surface area contributed by atoms with Gasteiger partial charge in [-0.1, -0.05) is 6.07 Å². The molecule has 1 aliphatic heterocycles. The molecule has 0 spiro atoms. The molecule has 4 aromatic rings. The molecule has 4 N–H and O–H groups in total. The number of nitrogens with zero attached hydrogens (tertiary/aromatic N) is 4. The second-order valence-electron chi connectivity index (χ2n) is 7.22. The lowest BCUT2D eigenvalue weighted by Crippen LogP contribution is -2.28. The molecule has 1 aromatic carbocycles. The summed E-state index contributed by atoms with van der Waals surface area (Å²) in [5, 5.41) is 7.97. The smallest absolute Gasteiger partial charge is 0.240 e. The molecule has 9 heteroatoms. The molecule has 0 amide bonds. The van der Waals surface area contributed by atoms with Gasteiger partial charge in [-0.15, -0.1) is 5.10 Å². The van der Waals surface area contributed by atoms with Crippen LogP contribution in [0.1, 0.15) is 18.7 Å². The first-order chi connectivity index (χ1) is 14.2. The molecule has 9 nitrogen and oxygen atoms in total. The van der Waals surface area contributed by atoms with Gasteiger partial charge in [-0.05, 0) is 42.7 Å². The molecule has 0 unspecified atom stereocenters. The van der Waals surface area contributed by atoms with Crippen LogP contribution in [-0.2, 0) is 16.1 Å². The molecular weight excluding hydrogens is 370 g/mol. The van der Waals surface area contributed by atoms with Crippen LogP contribution in [0.15, 0.2) is 30.3 Å². The Morgan fingerprint density at radius 1 is 1.24 bits per heavy atom. The molecule has 0 saturated carbocycles. The van der Waals surface area contributed by atoms with Crippen LogP contribution in [0.2, 0.25) is 0 Å². The summed E-state index contributed by atoms with van der Waals surface area (Å²) < 4.78 is 12.4. The Morgan fingerprint density at radius 2 is 2.10 bits per heavy atom. The number of nitrogen functional groups attached to an aromatic ring is 1. The van der Waals surface area contributed by atoms with Gasteiger partial charge in [-0.3, -0.25) is 0 Å². The van der Waals surface area contributed by atoms with Gasteiger partial charge in [0.2, 0.25) is 5.95 Å². The standard InChI is InChI=1S/C20H23N7O2/c1-28-11-17-23-15-4-2-12(10-16(15)24-17)14-3-5-18(22-13-6-8-29-9-7-13)27-19(14)25-20(21)26-27/h2-5,10,13,22H,6-9,11H2,1H3,(H2,21,26)(H,23,24). The van der Waals surface area contributed by atoms with Crippen LogP contribution < -0.4 is 11.1 Å². The Hall–Kier alpha value is -3.17. The molecule has 0 aliphatic carbocycles. The van der Waals surface area contributed by atoms with E-state index in [2.05, 4.69) is 37.5 Å². The van der Waals surface area contributed by atoms with E-state index in [0.29, 0.717) is 12.6 Å². The Morgan fingerprint density at radius 3 is 2.93 bits per heavy atom. The number of imidazole rings is 1. The predicted octanol–water partition coefficient (Wildman–Crippen LogP) is 2.59. The van der Waals surface area contributed by atoms with Crippen LogP contribution in [-0.4, -0.2) is 50.9 Å². The maximum Gasteiger partial charge on any atom is 0.240 e. The van der Waals surface area contributed by atoms with Gasteiger partial charge in [0, 0.05) is 31.9 Å². The molecule has 150 valence electrons. The molecule has 1 saturated heterocycles. The van der Waals surface area contributed by atoms with Crippen LogP contribution >= 0.6 is 0 Å². The fraction of sp³-hybridized carbons (Fsp3) is 0.350. The van der Waals surface area contributed by atoms with Crippen molar-refractivity contribution in [2.45, 2.75) is 25.5 Å². The highest BCUT2D eigenvalue weighted by atomic mass is 16.5. The maximum atomic E-state index is 5.95. The number of benzene rings is 1. The second-order valence-corrected chi connectivity index (χ2v) is 7.22. The number of rotatable bonds is 5. The van der Waals surface area contributed by atoms with Gasteiger partial charge in [-0.25, -0.2) is 4.98 Å². The third kappa shape index (κ3) is 3.39. The van der Waals surface area contributed by atoms with Crippen LogP contribution in [0.25, 0.3) is 27.8 Å².